The normalized spacial score (nSPS) is 12.1. The van der Waals surface area contributed by atoms with E-state index < -0.39 is 29.2 Å². The molecule has 0 radical (unpaired) electrons. The van der Waals surface area contributed by atoms with E-state index in [0.29, 0.717) is 11.1 Å². The van der Waals surface area contributed by atoms with Crippen LogP contribution in [0.2, 0.25) is 0 Å². The lowest BCUT2D eigenvalue weighted by atomic mass is 10.0. The van der Waals surface area contributed by atoms with Gasteiger partial charge in [0.15, 0.2) is 0 Å². The van der Waals surface area contributed by atoms with Crippen LogP contribution in [-0.2, 0) is 12.4 Å². The van der Waals surface area contributed by atoms with Crippen LogP contribution in [0.1, 0.15) is 11.1 Å². The van der Waals surface area contributed by atoms with Crippen LogP contribution in [0.15, 0.2) is 59.6 Å². The van der Waals surface area contributed by atoms with Crippen molar-refractivity contribution in [2.45, 2.75) is 17.4 Å². The van der Waals surface area contributed by atoms with Crippen LogP contribution in [0.5, 0.6) is 0 Å². The van der Waals surface area contributed by atoms with Gasteiger partial charge in [-0.1, -0.05) is 18.2 Å². The number of nitrogens with one attached hydrogen (secondary N) is 1. The van der Waals surface area contributed by atoms with Crippen molar-refractivity contribution in [2.24, 2.45) is 0 Å². The minimum atomic E-state index is -4.79. The Bertz CT molecular complexity index is 1020. The molecule has 0 aliphatic rings. The Morgan fingerprint density at radius 1 is 0.828 bits per heavy atom. The maximum absolute atomic E-state index is 13.4. The Balaban J connectivity index is 1.99. The smallest absolute Gasteiger partial charge is 0.384 e. The SMILES string of the molecule is Nc1cccc(SNc2ccc(C(F)(F)F)c(-c3cccc(C(F)(F)F)c3)n2)n1. The quantitative estimate of drug-likeness (QED) is 0.400. The predicted molar refractivity (Wildman–Crippen MR) is 97.8 cm³/mol. The van der Waals surface area contributed by atoms with Crippen molar-refractivity contribution in [1.29, 1.82) is 0 Å². The molecule has 0 saturated carbocycles. The van der Waals surface area contributed by atoms with Gasteiger partial charge in [-0.05, 0) is 36.4 Å². The maximum Gasteiger partial charge on any atom is 0.418 e. The fourth-order valence-electron chi connectivity index (χ4n) is 2.40. The standard InChI is InChI=1S/C18H12F6N4S/c19-17(20,21)11-4-1-3-10(9-11)16-12(18(22,23)24)7-8-14(27-16)28-29-15-6-2-5-13(25)26-15/h1-9H,(H2,25,26)(H,27,28). The molecular formula is C18H12F6N4S. The Hall–Kier alpha value is -2.95. The van der Waals surface area contributed by atoms with E-state index in [1.54, 1.807) is 18.2 Å². The highest BCUT2D eigenvalue weighted by atomic mass is 32.2. The lowest BCUT2D eigenvalue weighted by molar-refractivity contribution is -0.137. The lowest BCUT2D eigenvalue weighted by Gasteiger charge is -2.15. The fraction of sp³-hybridized carbons (Fsp3) is 0.111. The average Bonchev–Trinajstić information content (AvgIpc) is 2.65. The fourth-order valence-corrected chi connectivity index (χ4v) is 3.02. The molecule has 3 rings (SSSR count). The van der Waals surface area contributed by atoms with Crippen molar-refractivity contribution in [1.82, 2.24) is 9.97 Å². The number of hydrogen-bond donors (Lipinski definition) is 2. The summed E-state index contributed by atoms with van der Waals surface area (Å²) in [5, 5.41) is 0.437. The highest BCUT2D eigenvalue weighted by Crippen LogP contribution is 2.39. The maximum atomic E-state index is 13.4. The second-order valence-electron chi connectivity index (χ2n) is 5.77. The van der Waals surface area contributed by atoms with Gasteiger partial charge in [0, 0.05) is 17.5 Å². The summed E-state index contributed by atoms with van der Waals surface area (Å²) in [5.74, 6) is 0.265. The summed E-state index contributed by atoms with van der Waals surface area (Å²) in [6, 6.07) is 10.2. The first-order chi connectivity index (χ1) is 13.5. The summed E-state index contributed by atoms with van der Waals surface area (Å²) in [4.78, 5) is 7.90. The lowest BCUT2D eigenvalue weighted by Crippen LogP contribution is -2.10. The van der Waals surface area contributed by atoms with E-state index in [0.717, 1.165) is 42.3 Å². The summed E-state index contributed by atoms with van der Waals surface area (Å²) in [6.45, 7) is 0. The van der Waals surface area contributed by atoms with Crippen LogP contribution >= 0.6 is 11.9 Å². The van der Waals surface area contributed by atoms with Crippen LogP contribution in [0, 0.1) is 0 Å². The molecule has 0 fully saturated rings. The van der Waals surface area contributed by atoms with Gasteiger partial charge >= 0.3 is 12.4 Å². The van der Waals surface area contributed by atoms with Gasteiger partial charge in [-0.2, -0.15) is 26.3 Å². The molecule has 0 aliphatic carbocycles. The van der Waals surface area contributed by atoms with Gasteiger partial charge in [0.2, 0.25) is 0 Å². The van der Waals surface area contributed by atoms with Crippen LogP contribution in [0.3, 0.4) is 0 Å². The minimum Gasteiger partial charge on any atom is -0.384 e. The number of nitrogen functional groups attached to an aromatic ring is 1. The predicted octanol–water partition coefficient (Wildman–Crippen LogP) is 5.88. The van der Waals surface area contributed by atoms with Gasteiger partial charge in [0.05, 0.1) is 16.8 Å². The van der Waals surface area contributed by atoms with Crippen molar-refractivity contribution in [2.75, 3.05) is 10.5 Å². The number of rotatable bonds is 4. The van der Waals surface area contributed by atoms with Gasteiger partial charge in [-0.25, -0.2) is 9.97 Å². The van der Waals surface area contributed by atoms with Gasteiger partial charge in [0.1, 0.15) is 16.7 Å². The Labute approximate surface area is 165 Å². The zero-order valence-corrected chi connectivity index (χ0v) is 15.2. The number of aromatic nitrogens is 2. The second-order valence-corrected chi connectivity index (χ2v) is 6.60. The van der Waals surface area contributed by atoms with Crippen molar-refractivity contribution >= 4 is 23.6 Å². The number of halogens is 6. The molecule has 29 heavy (non-hydrogen) atoms. The van der Waals surface area contributed by atoms with Crippen molar-refractivity contribution < 1.29 is 26.3 Å². The molecule has 0 saturated heterocycles. The molecular weight excluding hydrogens is 418 g/mol. The second kappa shape index (κ2) is 7.82. The van der Waals surface area contributed by atoms with Gasteiger partial charge in [-0.3, -0.25) is 0 Å². The molecule has 0 bridgehead atoms. The van der Waals surface area contributed by atoms with Crippen molar-refractivity contribution in [3.8, 4) is 11.3 Å². The van der Waals surface area contributed by atoms with E-state index in [2.05, 4.69) is 14.7 Å². The van der Waals surface area contributed by atoms with E-state index in [9.17, 15) is 26.3 Å². The third-order valence-electron chi connectivity index (χ3n) is 3.67. The summed E-state index contributed by atoms with van der Waals surface area (Å²) < 4.78 is 81.8. The Morgan fingerprint density at radius 2 is 1.55 bits per heavy atom. The van der Waals surface area contributed by atoms with Gasteiger partial charge in [0.25, 0.3) is 0 Å². The Morgan fingerprint density at radius 3 is 2.21 bits per heavy atom. The van der Waals surface area contributed by atoms with Gasteiger partial charge in [-0.15, -0.1) is 0 Å². The van der Waals surface area contributed by atoms with E-state index in [4.69, 9.17) is 5.73 Å². The number of nitrogens with zero attached hydrogens (tertiary/aromatic N) is 2. The number of nitrogens with two attached hydrogens (primary N) is 1. The molecule has 0 amide bonds. The van der Waals surface area contributed by atoms with Gasteiger partial charge < -0.3 is 10.5 Å². The van der Waals surface area contributed by atoms with E-state index in [1.807, 2.05) is 0 Å². The molecule has 2 heterocycles. The molecule has 152 valence electrons. The molecule has 3 N–H and O–H groups in total. The number of alkyl halides is 6. The van der Waals surface area contributed by atoms with Crippen LogP contribution in [0.25, 0.3) is 11.3 Å². The number of hydrogen-bond acceptors (Lipinski definition) is 5. The summed E-state index contributed by atoms with van der Waals surface area (Å²) in [5.41, 5.74) is 2.43. The van der Waals surface area contributed by atoms with Crippen LogP contribution < -0.4 is 10.5 Å². The monoisotopic (exact) mass is 430 g/mol. The van der Waals surface area contributed by atoms with E-state index in [-0.39, 0.29) is 17.2 Å². The summed E-state index contributed by atoms with van der Waals surface area (Å²) >= 11 is 0.947. The molecule has 1 aromatic carbocycles. The largest absolute Gasteiger partial charge is 0.418 e. The first-order valence-electron chi connectivity index (χ1n) is 7.95. The van der Waals surface area contributed by atoms with Crippen molar-refractivity contribution in [3.05, 3.63) is 65.7 Å². The zero-order valence-electron chi connectivity index (χ0n) is 14.3. The molecule has 2 aromatic heterocycles. The number of benzene rings is 1. The first-order valence-corrected chi connectivity index (χ1v) is 8.77. The Kier molecular flexibility index (Phi) is 5.60. The molecule has 0 unspecified atom stereocenters. The summed E-state index contributed by atoms with van der Waals surface area (Å²) in [6.07, 6.45) is -9.49. The van der Waals surface area contributed by atoms with Crippen LogP contribution in [-0.4, -0.2) is 9.97 Å². The highest BCUT2D eigenvalue weighted by Gasteiger charge is 2.36. The third-order valence-corrected chi connectivity index (χ3v) is 4.42. The molecule has 0 aliphatic heterocycles. The molecule has 11 heteroatoms. The average molecular weight is 430 g/mol. The van der Waals surface area contributed by atoms with E-state index >= 15 is 0 Å². The summed E-state index contributed by atoms with van der Waals surface area (Å²) in [7, 11) is 0. The van der Waals surface area contributed by atoms with Crippen LogP contribution in [0.4, 0.5) is 38.0 Å². The highest BCUT2D eigenvalue weighted by molar-refractivity contribution is 8.00. The third kappa shape index (κ3) is 5.11. The first kappa shape index (κ1) is 20.8. The molecule has 0 spiro atoms. The number of pyridine rings is 2. The van der Waals surface area contributed by atoms with Crippen molar-refractivity contribution in [3.63, 3.8) is 0 Å². The topological polar surface area (TPSA) is 63.8 Å². The number of anilines is 2. The minimum absolute atomic E-state index is 0.0136. The molecule has 4 nitrogen and oxygen atoms in total. The zero-order chi connectivity index (χ0) is 21.2. The van der Waals surface area contributed by atoms with E-state index in [1.165, 1.54) is 0 Å². The molecule has 3 aromatic rings. The molecule has 0 atom stereocenters.